The van der Waals surface area contributed by atoms with Gasteiger partial charge in [0.25, 0.3) is 0 Å². The summed E-state index contributed by atoms with van der Waals surface area (Å²) in [5.41, 5.74) is 3.49. The maximum absolute atomic E-state index is 2.37. The molecule has 0 aromatic carbocycles. The first-order valence-electron chi connectivity index (χ1n) is 8.61. The normalized spacial score (nSPS) is 12.0. The lowest BCUT2D eigenvalue weighted by Crippen LogP contribution is -2.12. The molecule has 0 aliphatic carbocycles. The third kappa shape index (κ3) is 6.92. The fraction of sp³-hybridized carbons (Fsp3) is 0.789. The summed E-state index contributed by atoms with van der Waals surface area (Å²) < 4.78 is 0. The minimum atomic E-state index is 0.314. The average Bonchev–Trinajstić information content (AvgIpc) is 2.85. The molecule has 0 fully saturated rings. The maximum atomic E-state index is 2.37. The molecule has 0 spiro atoms. The Morgan fingerprint density at radius 3 is 1.90 bits per heavy atom. The molecule has 0 atom stereocenters. The van der Waals surface area contributed by atoms with Crippen LogP contribution >= 0.6 is 11.3 Å². The molecule has 0 unspecified atom stereocenters. The van der Waals surface area contributed by atoms with Crippen LogP contribution in [0.15, 0.2) is 10.8 Å². The van der Waals surface area contributed by atoms with Crippen LogP contribution in [0.2, 0.25) is 0 Å². The fourth-order valence-electron chi connectivity index (χ4n) is 2.80. The van der Waals surface area contributed by atoms with Crippen molar-refractivity contribution in [1.82, 2.24) is 0 Å². The van der Waals surface area contributed by atoms with E-state index in [0.29, 0.717) is 5.41 Å². The van der Waals surface area contributed by atoms with E-state index >= 15 is 0 Å². The number of hydrogen-bond acceptors (Lipinski definition) is 1. The second-order valence-corrected chi connectivity index (χ2v) is 7.88. The Hall–Kier alpha value is -0.300. The summed E-state index contributed by atoms with van der Waals surface area (Å²) in [4.78, 5) is 0. The van der Waals surface area contributed by atoms with Gasteiger partial charge in [0.1, 0.15) is 0 Å². The summed E-state index contributed by atoms with van der Waals surface area (Å²) in [6.45, 7) is 9.27. The summed E-state index contributed by atoms with van der Waals surface area (Å²) in [7, 11) is 0. The van der Waals surface area contributed by atoms with Crippen molar-refractivity contribution in [3.63, 3.8) is 0 Å². The molecule has 1 heteroatoms. The number of rotatable bonds is 10. The van der Waals surface area contributed by atoms with Crippen molar-refractivity contribution >= 4 is 11.3 Å². The molecule has 1 heterocycles. The van der Waals surface area contributed by atoms with E-state index in [4.69, 9.17) is 0 Å². The van der Waals surface area contributed by atoms with Crippen molar-refractivity contribution in [3.05, 3.63) is 21.9 Å². The molecule has 0 radical (unpaired) electrons. The predicted octanol–water partition coefficient (Wildman–Crippen LogP) is 7.12. The lowest BCUT2D eigenvalue weighted by atomic mass is 9.85. The highest BCUT2D eigenvalue weighted by atomic mass is 32.1. The van der Waals surface area contributed by atoms with Gasteiger partial charge in [-0.1, -0.05) is 79.1 Å². The highest BCUT2D eigenvalue weighted by Gasteiger charge is 2.18. The minimum absolute atomic E-state index is 0.314. The summed E-state index contributed by atoms with van der Waals surface area (Å²) in [6.07, 6.45) is 14.1. The van der Waals surface area contributed by atoms with Gasteiger partial charge in [-0.05, 0) is 40.1 Å². The smallest absolute Gasteiger partial charge is 0.00531 e. The van der Waals surface area contributed by atoms with Crippen molar-refractivity contribution in [2.75, 3.05) is 0 Å². The van der Waals surface area contributed by atoms with E-state index in [0.717, 1.165) is 0 Å². The molecular weight excluding hydrogens is 260 g/mol. The SMILES string of the molecule is CCCCCCCCCCCc1cscc1C(C)(C)C. The van der Waals surface area contributed by atoms with E-state index in [1.165, 1.54) is 64.2 Å². The Kier molecular flexibility index (Phi) is 8.52. The molecule has 0 saturated heterocycles. The molecular formula is C19H34S. The molecule has 0 aliphatic rings. The first-order chi connectivity index (χ1) is 9.55. The van der Waals surface area contributed by atoms with Crippen LogP contribution in [-0.2, 0) is 11.8 Å². The van der Waals surface area contributed by atoms with Gasteiger partial charge in [-0.15, -0.1) is 0 Å². The van der Waals surface area contributed by atoms with Gasteiger partial charge in [0, 0.05) is 0 Å². The lowest BCUT2D eigenvalue weighted by molar-refractivity contribution is 0.558. The van der Waals surface area contributed by atoms with Gasteiger partial charge in [-0.2, -0.15) is 11.3 Å². The first kappa shape index (κ1) is 17.8. The molecule has 0 N–H and O–H groups in total. The van der Waals surface area contributed by atoms with Gasteiger partial charge in [-0.25, -0.2) is 0 Å². The molecule has 116 valence electrons. The fourth-order valence-corrected chi connectivity index (χ4v) is 3.92. The Morgan fingerprint density at radius 2 is 1.35 bits per heavy atom. The highest BCUT2D eigenvalue weighted by Crippen LogP contribution is 2.30. The van der Waals surface area contributed by atoms with Crippen LogP contribution in [0.3, 0.4) is 0 Å². The molecule has 20 heavy (non-hydrogen) atoms. The zero-order valence-corrected chi connectivity index (χ0v) is 15.0. The van der Waals surface area contributed by atoms with E-state index < -0.39 is 0 Å². The van der Waals surface area contributed by atoms with Gasteiger partial charge in [0.05, 0.1) is 0 Å². The highest BCUT2D eigenvalue weighted by molar-refractivity contribution is 7.08. The van der Waals surface area contributed by atoms with E-state index in [-0.39, 0.29) is 0 Å². The molecule has 0 aliphatic heterocycles. The van der Waals surface area contributed by atoms with Gasteiger partial charge >= 0.3 is 0 Å². The summed E-state index contributed by atoms with van der Waals surface area (Å²) in [5.74, 6) is 0. The van der Waals surface area contributed by atoms with E-state index in [2.05, 4.69) is 38.5 Å². The van der Waals surface area contributed by atoms with Crippen LogP contribution < -0.4 is 0 Å². The topological polar surface area (TPSA) is 0 Å². The Bertz CT molecular complexity index is 343. The largest absolute Gasteiger partial charge is 0.152 e. The Morgan fingerprint density at radius 1 is 0.800 bits per heavy atom. The van der Waals surface area contributed by atoms with E-state index in [9.17, 15) is 0 Å². The Balaban J connectivity index is 2.09. The van der Waals surface area contributed by atoms with E-state index in [1.54, 1.807) is 11.1 Å². The molecule has 1 aromatic heterocycles. The molecule has 1 rings (SSSR count). The third-order valence-corrected chi connectivity index (χ3v) is 4.89. The van der Waals surface area contributed by atoms with Crippen LogP contribution in [0.5, 0.6) is 0 Å². The standard InChI is InChI=1S/C19H34S/c1-5-6-7-8-9-10-11-12-13-14-17-15-20-16-18(17)19(2,3)4/h15-16H,5-14H2,1-4H3. The van der Waals surface area contributed by atoms with Gasteiger partial charge in [0.15, 0.2) is 0 Å². The average molecular weight is 295 g/mol. The monoisotopic (exact) mass is 294 g/mol. The third-order valence-electron chi connectivity index (χ3n) is 4.10. The van der Waals surface area contributed by atoms with Crippen LogP contribution in [0.25, 0.3) is 0 Å². The number of aryl methyl sites for hydroxylation is 1. The summed E-state index contributed by atoms with van der Waals surface area (Å²) in [6, 6.07) is 0. The number of hydrogen-bond donors (Lipinski definition) is 0. The quantitative estimate of drug-likeness (QED) is 0.403. The van der Waals surface area contributed by atoms with Crippen molar-refractivity contribution in [3.8, 4) is 0 Å². The predicted molar refractivity (Wildman–Crippen MR) is 94.0 cm³/mol. The molecule has 0 saturated carbocycles. The summed E-state index contributed by atoms with van der Waals surface area (Å²) >= 11 is 1.87. The minimum Gasteiger partial charge on any atom is -0.152 e. The van der Waals surface area contributed by atoms with Crippen LogP contribution in [0.4, 0.5) is 0 Å². The second-order valence-electron chi connectivity index (χ2n) is 7.14. The van der Waals surface area contributed by atoms with Crippen molar-refractivity contribution in [2.24, 2.45) is 0 Å². The maximum Gasteiger partial charge on any atom is -0.00531 e. The van der Waals surface area contributed by atoms with Crippen molar-refractivity contribution < 1.29 is 0 Å². The number of unbranched alkanes of at least 4 members (excludes halogenated alkanes) is 8. The molecule has 0 nitrogen and oxygen atoms in total. The Labute approximate surface area is 131 Å². The second kappa shape index (κ2) is 9.60. The zero-order chi connectivity index (χ0) is 14.8. The lowest BCUT2D eigenvalue weighted by Gasteiger charge is -2.19. The van der Waals surface area contributed by atoms with Crippen LogP contribution in [0, 0.1) is 0 Å². The summed E-state index contributed by atoms with van der Waals surface area (Å²) in [5, 5.41) is 4.72. The van der Waals surface area contributed by atoms with Gasteiger partial charge < -0.3 is 0 Å². The van der Waals surface area contributed by atoms with Crippen molar-refractivity contribution in [2.45, 2.75) is 97.3 Å². The molecule has 0 bridgehead atoms. The molecule has 1 aromatic rings. The van der Waals surface area contributed by atoms with Gasteiger partial charge in [-0.3, -0.25) is 0 Å². The van der Waals surface area contributed by atoms with Crippen LogP contribution in [-0.4, -0.2) is 0 Å². The van der Waals surface area contributed by atoms with E-state index in [1.807, 2.05) is 11.3 Å². The zero-order valence-electron chi connectivity index (χ0n) is 14.1. The first-order valence-corrected chi connectivity index (χ1v) is 9.55. The van der Waals surface area contributed by atoms with Crippen LogP contribution in [0.1, 0.15) is 96.6 Å². The number of thiophene rings is 1. The van der Waals surface area contributed by atoms with Crippen molar-refractivity contribution in [1.29, 1.82) is 0 Å². The van der Waals surface area contributed by atoms with Gasteiger partial charge in [0.2, 0.25) is 0 Å². The molecule has 0 amide bonds.